The van der Waals surface area contributed by atoms with E-state index in [-0.39, 0.29) is 12.4 Å². The molecule has 1 nitrogen and oxygen atoms in total. The minimum absolute atomic E-state index is 0. The standard InChI is InChI=1S/C11H15N.ClH/c12-8-10-6-7-11(10)9-4-2-1-3-5-9;/h1-5,10-11H,6-8,12H2;1H. The van der Waals surface area contributed by atoms with Crippen LogP contribution in [-0.2, 0) is 0 Å². The lowest BCUT2D eigenvalue weighted by Gasteiger charge is -2.36. The molecule has 0 aliphatic heterocycles. The average molecular weight is 198 g/mol. The quantitative estimate of drug-likeness (QED) is 0.775. The molecular formula is C11H16ClN. The molecule has 2 unspecified atom stereocenters. The Balaban J connectivity index is 0.000000845. The fourth-order valence-electron chi connectivity index (χ4n) is 1.99. The van der Waals surface area contributed by atoms with Gasteiger partial charge in [-0.25, -0.2) is 0 Å². The van der Waals surface area contributed by atoms with Crippen LogP contribution >= 0.6 is 12.4 Å². The van der Waals surface area contributed by atoms with E-state index in [1.54, 1.807) is 0 Å². The first-order valence-electron chi connectivity index (χ1n) is 4.67. The van der Waals surface area contributed by atoms with Crippen LogP contribution in [0.5, 0.6) is 0 Å². The molecule has 2 atom stereocenters. The minimum Gasteiger partial charge on any atom is -0.330 e. The van der Waals surface area contributed by atoms with Gasteiger partial charge in [0.15, 0.2) is 0 Å². The zero-order valence-corrected chi connectivity index (χ0v) is 8.46. The molecule has 0 spiro atoms. The maximum absolute atomic E-state index is 5.66. The summed E-state index contributed by atoms with van der Waals surface area (Å²) in [4.78, 5) is 0. The normalized spacial score (nSPS) is 25.9. The highest BCUT2D eigenvalue weighted by atomic mass is 35.5. The van der Waals surface area contributed by atoms with Crippen LogP contribution in [0.4, 0.5) is 0 Å². The summed E-state index contributed by atoms with van der Waals surface area (Å²) in [7, 11) is 0. The molecular weight excluding hydrogens is 182 g/mol. The molecule has 0 heterocycles. The van der Waals surface area contributed by atoms with Gasteiger partial charge in [0.2, 0.25) is 0 Å². The second kappa shape index (κ2) is 4.64. The monoisotopic (exact) mass is 197 g/mol. The molecule has 0 saturated heterocycles. The largest absolute Gasteiger partial charge is 0.330 e. The van der Waals surface area contributed by atoms with Gasteiger partial charge in [0.25, 0.3) is 0 Å². The van der Waals surface area contributed by atoms with E-state index in [0.29, 0.717) is 0 Å². The van der Waals surface area contributed by atoms with E-state index in [4.69, 9.17) is 5.73 Å². The highest BCUT2D eigenvalue weighted by Gasteiger charge is 2.30. The van der Waals surface area contributed by atoms with Crippen LogP contribution in [-0.4, -0.2) is 6.54 Å². The summed E-state index contributed by atoms with van der Waals surface area (Å²) in [5.74, 6) is 1.49. The fourth-order valence-corrected chi connectivity index (χ4v) is 1.99. The zero-order chi connectivity index (χ0) is 8.39. The van der Waals surface area contributed by atoms with Crippen molar-refractivity contribution < 1.29 is 0 Å². The summed E-state index contributed by atoms with van der Waals surface area (Å²) in [5.41, 5.74) is 7.13. The first-order chi connectivity index (χ1) is 5.92. The van der Waals surface area contributed by atoms with Gasteiger partial charge >= 0.3 is 0 Å². The van der Waals surface area contributed by atoms with E-state index < -0.39 is 0 Å². The molecule has 13 heavy (non-hydrogen) atoms. The second-order valence-corrected chi connectivity index (χ2v) is 3.59. The molecule has 1 aromatic carbocycles. The predicted molar refractivity (Wildman–Crippen MR) is 58.2 cm³/mol. The number of rotatable bonds is 2. The number of benzene rings is 1. The molecule has 1 aliphatic rings. The van der Waals surface area contributed by atoms with Crippen molar-refractivity contribution in [2.75, 3.05) is 6.54 Å². The van der Waals surface area contributed by atoms with Gasteiger partial charge in [-0.15, -0.1) is 12.4 Å². The molecule has 0 aromatic heterocycles. The maximum atomic E-state index is 5.66. The molecule has 72 valence electrons. The van der Waals surface area contributed by atoms with Crippen LogP contribution in [0, 0.1) is 5.92 Å². The van der Waals surface area contributed by atoms with Crippen LogP contribution in [0.3, 0.4) is 0 Å². The summed E-state index contributed by atoms with van der Waals surface area (Å²) in [5, 5.41) is 0. The van der Waals surface area contributed by atoms with Crippen molar-refractivity contribution >= 4 is 12.4 Å². The first-order valence-corrected chi connectivity index (χ1v) is 4.67. The van der Waals surface area contributed by atoms with Gasteiger partial charge in [-0.2, -0.15) is 0 Å². The molecule has 0 bridgehead atoms. The summed E-state index contributed by atoms with van der Waals surface area (Å²) >= 11 is 0. The van der Waals surface area contributed by atoms with E-state index in [0.717, 1.165) is 18.4 Å². The van der Waals surface area contributed by atoms with Crippen LogP contribution < -0.4 is 5.73 Å². The Labute approximate surface area is 85.7 Å². The molecule has 2 heteroatoms. The maximum Gasteiger partial charge on any atom is -0.00430 e. The van der Waals surface area contributed by atoms with E-state index in [1.165, 1.54) is 18.4 Å². The molecule has 1 saturated carbocycles. The molecule has 1 aliphatic carbocycles. The fraction of sp³-hybridized carbons (Fsp3) is 0.455. The SMILES string of the molecule is Cl.NCC1CCC1c1ccccc1. The van der Waals surface area contributed by atoms with E-state index in [9.17, 15) is 0 Å². The Morgan fingerprint density at radius 2 is 1.85 bits per heavy atom. The second-order valence-electron chi connectivity index (χ2n) is 3.59. The lowest BCUT2D eigenvalue weighted by molar-refractivity contribution is 0.263. The van der Waals surface area contributed by atoms with Crippen molar-refractivity contribution in [2.24, 2.45) is 11.7 Å². The highest BCUT2D eigenvalue weighted by molar-refractivity contribution is 5.85. The van der Waals surface area contributed by atoms with Crippen LogP contribution in [0.25, 0.3) is 0 Å². The van der Waals surface area contributed by atoms with Gasteiger partial charge in [0.1, 0.15) is 0 Å². The third kappa shape index (κ3) is 2.04. The molecule has 0 radical (unpaired) electrons. The van der Waals surface area contributed by atoms with Crippen molar-refractivity contribution in [3.63, 3.8) is 0 Å². The molecule has 2 N–H and O–H groups in total. The molecule has 1 aromatic rings. The number of halogens is 1. The van der Waals surface area contributed by atoms with Crippen molar-refractivity contribution in [2.45, 2.75) is 18.8 Å². The van der Waals surface area contributed by atoms with Gasteiger partial charge < -0.3 is 5.73 Å². The number of hydrogen-bond acceptors (Lipinski definition) is 1. The first kappa shape index (κ1) is 10.6. The van der Waals surface area contributed by atoms with Gasteiger partial charge in [-0.1, -0.05) is 30.3 Å². The summed E-state index contributed by atoms with van der Waals surface area (Å²) in [6, 6.07) is 10.7. The zero-order valence-electron chi connectivity index (χ0n) is 7.65. The summed E-state index contributed by atoms with van der Waals surface area (Å²) in [6.07, 6.45) is 2.64. The van der Waals surface area contributed by atoms with Gasteiger partial charge in [0, 0.05) is 0 Å². The topological polar surface area (TPSA) is 26.0 Å². The van der Waals surface area contributed by atoms with E-state index >= 15 is 0 Å². The highest BCUT2D eigenvalue weighted by Crippen LogP contribution is 2.41. The summed E-state index contributed by atoms with van der Waals surface area (Å²) in [6.45, 7) is 0.847. The minimum atomic E-state index is 0. The third-order valence-corrected chi connectivity index (χ3v) is 2.95. The molecule has 0 amide bonds. The van der Waals surface area contributed by atoms with Crippen LogP contribution in [0.2, 0.25) is 0 Å². The Hall–Kier alpha value is -0.530. The predicted octanol–water partition coefficient (Wildman–Crippen LogP) is 2.56. The van der Waals surface area contributed by atoms with Gasteiger partial charge in [-0.05, 0) is 36.8 Å². The van der Waals surface area contributed by atoms with Crippen molar-refractivity contribution in [1.82, 2.24) is 0 Å². The lowest BCUT2D eigenvalue weighted by Crippen LogP contribution is -2.30. The Morgan fingerprint density at radius 3 is 2.31 bits per heavy atom. The smallest absolute Gasteiger partial charge is 0.00430 e. The Bertz CT molecular complexity index is 246. The van der Waals surface area contributed by atoms with Gasteiger partial charge in [0.05, 0.1) is 0 Å². The van der Waals surface area contributed by atoms with Gasteiger partial charge in [-0.3, -0.25) is 0 Å². The average Bonchev–Trinajstić information content (AvgIpc) is 2.05. The Morgan fingerprint density at radius 1 is 1.15 bits per heavy atom. The lowest BCUT2D eigenvalue weighted by atomic mass is 9.70. The molecule has 1 fully saturated rings. The summed E-state index contributed by atoms with van der Waals surface area (Å²) < 4.78 is 0. The van der Waals surface area contributed by atoms with E-state index in [1.807, 2.05) is 0 Å². The van der Waals surface area contributed by atoms with Crippen molar-refractivity contribution in [3.8, 4) is 0 Å². The molecule has 2 rings (SSSR count). The number of hydrogen-bond donors (Lipinski definition) is 1. The third-order valence-electron chi connectivity index (χ3n) is 2.95. The number of nitrogens with two attached hydrogens (primary N) is 1. The Kier molecular flexibility index (Phi) is 3.76. The van der Waals surface area contributed by atoms with Crippen LogP contribution in [0.15, 0.2) is 30.3 Å². The van der Waals surface area contributed by atoms with Crippen molar-refractivity contribution in [1.29, 1.82) is 0 Å². The van der Waals surface area contributed by atoms with Crippen molar-refractivity contribution in [3.05, 3.63) is 35.9 Å². The van der Waals surface area contributed by atoms with Crippen LogP contribution in [0.1, 0.15) is 24.3 Å². The van der Waals surface area contributed by atoms with E-state index in [2.05, 4.69) is 30.3 Å².